The van der Waals surface area contributed by atoms with Crippen LogP contribution >= 0.6 is 0 Å². The molecular weight excluding hydrogens is 432 g/mol. The van der Waals surface area contributed by atoms with Crippen molar-refractivity contribution in [3.05, 3.63) is 70.8 Å². The molecule has 2 aromatic carbocycles. The molecule has 182 valence electrons. The fraction of sp³-hybridized carbons (Fsp3) is 0.536. The van der Waals surface area contributed by atoms with Crippen molar-refractivity contribution in [3.63, 3.8) is 0 Å². The van der Waals surface area contributed by atoms with Crippen LogP contribution < -0.4 is 5.73 Å². The number of hydrogen-bond donors (Lipinski definition) is 1. The highest BCUT2D eigenvalue weighted by molar-refractivity contribution is 5.81. The summed E-state index contributed by atoms with van der Waals surface area (Å²) >= 11 is 0. The van der Waals surface area contributed by atoms with Gasteiger partial charge < -0.3 is 10.6 Å². The van der Waals surface area contributed by atoms with Gasteiger partial charge in [-0.15, -0.1) is 0 Å². The van der Waals surface area contributed by atoms with E-state index in [2.05, 4.69) is 43.9 Å². The largest absolute Gasteiger partial charge is 0.342 e. The predicted molar refractivity (Wildman–Crippen MR) is 129 cm³/mol. The summed E-state index contributed by atoms with van der Waals surface area (Å²) in [5.41, 5.74) is 9.40. The normalized spacial score (nSPS) is 26.8. The average Bonchev–Trinajstić information content (AvgIpc) is 3.35. The van der Waals surface area contributed by atoms with Crippen LogP contribution in [0.3, 0.4) is 0 Å². The summed E-state index contributed by atoms with van der Waals surface area (Å²) in [6.07, 6.45) is 2.72. The second-order valence-corrected chi connectivity index (χ2v) is 11.5. The third-order valence-electron chi connectivity index (χ3n) is 8.52. The number of amides is 1. The molecule has 1 aliphatic carbocycles. The highest BCUT2D eigenvalue weighted by Crippen LogP contribution is 2.50. The summed E-state index contributed by atoms with van der Waals surface area (Å²) in [4.78, 5) is 18.1. The Morgan fingerprint density at radius 2 is 1.74 bits per heavy atom. The van der Waals surface area contributed by atoms with Crippen molar-refractivity contribution < 1.29 is 13.6 Å². The molecule has 0 bridgehead atoms. The molecule has 2 N–H and O–H groups in total. The summed E-state index contributed by atoms with van der Waals surface area (Å²) in [6, 6.07) is 12.3. The van der Waals surface area contributed by atoms with Crippen molar-refractivity contribution in [3.8, 4) is 0 Å². The lowest BCUT2D eigenvalue weighted by atomic mass is 9.73. The summed E-state index contributed by atoms with van der Waals surface area (Å²) < 4.78 is 28.4. The van der Waals surface area contributed by atoms with E-state index in [9.17, 15) is 13.6 Å². The Hall–Kier alpha value is -2.31. The van der Waals surface area contributed by atoms with Gasteiger partial charge in [-0.1, -0.05) is 30.3 Å². The highest BCUT2D eigenvalue weighted by atomic mass is 19.1. The standard InChI is InChI=1S/C28H35F2N3O/c1-27(2,3)33-16-21(19-9-8-18(29)14-24(19)30)22(17-33)26(34)32-12-10-28(11-13-32)15-25(31)20-6-4-5-7-23(20)28/h4-9,14,21-22,25H,10-13,15-17,31H2,1-3H3/t21-,22+,25?/m0/s1. The van der Waals surface area contributed by atoms with Gasteiger partial charge >= 0.3 is 0 Å². The van der Waals surface area contributed by atoms with E-state index < -0.39 is 11.6 Å². The molecule has 34 heavy (non-hydrogen) atoms. The Kier molecular flexibility index (Phi) is 5.80. The molecule has 2 saturated heterocycles. The number of nitrogens with zero attached hydrogens (tertiary/aromatic N) is 2. The smallest absolute Gasteiger partial charge is 0.227 e. The zero-order chi connectivity index (χ0) is 24.3. The molecule has 1 spiro atoms. The van der Waals surface area contributed by atoms with Crippen LogP contribution in [0, 0.1) is 17.6 Å². The summed E-state index contributed by atoms with van der Waals surface area (Å²) in [5, 5.41) is 0. The Labute approximate surface area is 201 Å². The van der Waals surface area contributed by atoms with Crippen LogP contribution in [-0.4, -0.2) is 47.4 Å². The zero-order valence-corrected chi connectivity index (χ0v) is 20.4. The van der Waals surface area contributed by atoms with E-state index in [1.165, 1.54) is 23.3 Å². The predicted octanol–water partition coefficient (Wildman–Crippen LogP) is 4.74. The van der Waals surface area contributed by atoms with Crippen molar-refractivity contribution >= 4 is 5.91 Å². The van der Waals surface area contributed by atoms with Gasteiger partial charge in [-0.2, -0.15) is 0 Å². The van der Waals surface area contributed by atoms with E-state index in [-0.39, 0.29) is 34.7 Å². The number of carbonyl (C=O) groups excluding carboxylic acids is 1. The Morgan fingerprint density at radius 1 is 1.03 bits per heavy atom. The van der Waals surface area contributed by atoms with Crippen molar-refractivity contribution in [2.24, 2.45) is 11.7 Å². The van der Waals surface area contributed by atoms with Crippen molar-refractivity contribution in [2.75, 3.05) is 26.2 Å². The fourth-order valence-electron chi connectivity index (χ4n) is 6.53. The molecule has 5 rings (SSSR count). The molecule has 2 fully saturated rings. The molecule has 3 atom stereocenters. The van der Waals surface area contributed by atoms with Crippen LogP contribution in [-0.2, 0) is 10.2 Å². The van der Waals surface area contributed by atoms with Crippen LogP contribution in [0.15, 0.2) is 42.5 Å². The average molecular weight is 468 g/mol. The Bertz CT molecular complexity index is 1090. The first kappa shape index (κ1) is 23.4. The van der Waals surface area contributed by atoms with Gasteiger partial charge in [-0.25, -0.2) is 8.78 Å². The van der Waals surface area contributed by atoms with Gasteiger partial charge in [-0.3, -0.25) is 9.69 Å². The lowest BCUT2D eigenvalue weighted by Gasteiger charge is -2.41. The maximum Gasteiger partial charge on any atom is 0.227 e. The molecule has 1 amide bonds. The number of benzene rings is 2. The topological polar surface area (TPSA) is 49.6 Å². The molecule has 3 aliphatic rings. The molecule has 6 heteroatoms. The maximum atomic E-state index is 14.8. The third-order valence-corrected chi connectivity index (χ3v) is 8.52. The molecule has 1 unspecified atom stereocenters. The summed E-state index contributed by atoms with van der Waals surface area (Å²) in [7, 11) is 0. The van der Waals surface area contributed by atoms with Gasteiger partial charge in [0, 0.05) is 55.2 Å². The summed E-state index contributed by atoms with van der Waals surface area (Å²) in [6.45, 7) is 8.88. The van der Waals surface area contributed by atoms with Crippen LogP contribution in [0.4, 0.5) is 8.78 Å². The number of nitrogens with two attached hydrogens (primary N) is 1. The van der Waals surface area contributed by atoms with E-state index >= 15 is 0 Å². The molecule has 2 aromatic rings. The number of fused-ring (bicyclic) bond motifs is 2. The summed E-state index contributed by atoms with van der Waals surface area (Å²) in [5.74, 6) is -1.69. The molecule has 0 saturated carbocycles. The van der Waals surface area contributed by atoms with Gasteiger partial charge in [0.25, 0.3) is 0 Å². The Morgan fingerprint density at radius 3 is 2.41 bits per heavy atom. The minimum absolute atomic E-state index is 0.0440. The lowest BCUT2D eigenvalue weighted by Crippen LogP contribution is -2.48. The van der Waals surface area contributed by atoms with Crippen molar-refractivity contribution in [2.45, 2.75) is 62.9 Å². The number of rotatable bonds is 2. The second kappa shape index (κ2) is 8.42. The van der Waals surface area contributed by atoms with Crippen molar-refractivity contribution in [1.82, 2.24) is 9.80 Å². The molecule has 2 aliphatic heterocycles. The van der Waals surface area contributed by atoms with E-state index in [1.54, 1.807) is 0 Å². The van der Waals surface area contributed by atoms with Gasteiger partial charge in [0.2, 0.25) is 5.91 Å². The van der Waals surface area contributed by atoms with Crippen LogP contribution in [0.25, 0.3) is 0 Å². The molecular formula is C28H35F2N3O. The van der Waals surface area contributed by atoms with Gasteiger partial charge in [0.1, 0.15) is 11.6 Å². The molecule has 0 aromatic heterocycles. The monoisotopic (exact) mass is 467 g/mol. The van der Waals surface area contributed by atoms with Gasteiger partial charge in [-0.05, 0) is 62.8 Å². The van der Waals surface area contributed by atoms with Crippen LogP contribution in [0.1, 0.15) is 68.7 Å². The molecule has 2 heterocycles. The highest BCUT2D eigenvalue weighted by Gasteiger charge is 2.48. The SMILES string of the molecule is CC(C)(C)N1C[C@@H](C(=O)N2CCC3(CC2)CC(N)c2ccccc23)[C@H](c2ccc(F)cc2F)C1. The second-order valence-electron chi connectivity index (χ2n) is 11.5. The first-order valence-corrected chi connectivity index (χ1v) is 12.4. The van der Waals surface area contributed by atoms with Gasteiger partial charge in [0.15, 0.2) is 0 Å². The number of likely N-dealkylation sites (tertiary alicyclic amines) is 2. The van der Waals surface area contributed by atoms with E-state index in [0.717, 1.165) is 25.3 Å². The van der Waals surface area contributed by atoms with E-state index in [0.29, 0.717) is 31.7 Å². The third kappa shape index (κ3) is 3.95. The van der Waals surface area contributed by atoms with Crippen molar-refractivity contribution in [1.29, 1.82) is 0 Å². The number of piperidine rings is 1. The number of carbonyl (C=O) groups is 1. The fourth-order valence-corrected chi connectivity index (χ4v) is 6.53. The minimum atomic E-state index is -0.591. The first-order chi connectivity index (χ1) is 16.1. The number of hydrogen-bond acceptors (Lipinski definition) is 3. The first-order valence-electron chi connectivity index (χ1n) is 12.4. The van der Waals surface area contributed by atoms with Gasteiger partial charge in [0.05, 0.1) is 5.92 Å². The lowest BCUT2D eigenvalue weighted by molar-refractivity contribution is -0.137. The maximum absolute atomic E-state index is 14.8. The molecule has 0 radical (unpaired) electrons. The van der Waals surface area contributed by atoms with Crippen LogP contribution in [0.2, 0.25) is 0 Å². The quantitative estimate of drug-likeness (QED) is 0.694. The number of halogens is 2. The molecule has 4 nitrogen and oxygen atoms in total. The van der Waals surface area contributed by atoms with E-state index in [4.69, 9.17) is 5.73 Å². The zero-order valence-electron chi connectivity index (χ0n) is 20.4. The van der Waals surface area contributed by atoms with Crippen LogP contribution in [0.5, 0.6) is 0 Å². The Balaban J connectivity index is 1.37. The van der Waals surface area contributed by atoms with E-state index in [1.807, 2.05) is 11.0 Å². The minimum Gasteiger partial charge on any atom is -0.342 e.